The van der Waals surface area contributed by atoms with Crippen molar-refractivity contribution in [1.82, 2.24) is 5.32 Å². The molecule has 1 heterocycles. The molecule has 0 spiro atoms. The van der Waals surface area contributed by atoms with E-state index in [-0.39, 0.29) is 5.54 Å². The first-order chi connectivity index (χ1) is 8.51. The minimum atomic E-state index is -0.0963. The first-order valence-electron chi connectivity index (χ1n) is 6.43. The molecule has 2 aromatic rings. The van der Waals surface area contributed by atoms with Crippen LogP contribution in [-0.2, 0) is 0 Å². The molecule has 98 valence electrons. The first-order valence-corrected chi connectivity index (χ1v) is 7.31. The van der Waals surface area contributed by atoms with Gasteiger partial charge in [-0.1, -0.05) is 18.2 Å². The van der Waals surface area contributed by atoms with E-state index in [9.17, 15) is 0 Å². The van der Waals surface area contributed by atoms with Crippen molar-refractivity contribution in [2.45, 2.75) is 38.3 Å². The van der Waals surface area contributed by atoms with E-state index in [1.807, 2.05) is 18.4 Å². The van der Waals surface area contributed by atoms with Gasteiger partial charge in [-0.3, -0.25) is 0 Å². The van der Waals surface area contributed by atoms with Gasteiger partial charge in [0.15, 0.2) is 0 Å². The molecule has 0 radical (unpaired) electrons. The van der Waals surface area contributed by atoms with Crippen molar-refractivity contribution in [3.63, 3.8) is 0 Å². The Bertz CT molecular complexity index is 510. The summed E-state index contributed by atoms with van der Waals surface area (Å²) in [5, 5.41) is 7.07. The highest BCUT2D eigenvalue weighted by Gasteiger charge is 2.18. The maximum atomic E-state index is 6.08. The van der Waals surface area contributed by atoms with Crippen LogP contribution < -0.4 is 11.1 Å². The predicted molar refractivity (Wildman–Crippen MR) is 81.1 cm³/mol. The second-order valence-electron chi connectivity index (χ2n) is 5.56. The van der Waals surface area contributed by atoms with Crippen molar-refractivity contribution in [3.05, 3.63) is 35.2 Å². The summed E-state index contributed by atoms with van der Waals surface area (Å²) in [7, 11) is 2.03. The Morgan fingerprint density at radius 2 is 2.06 bits per heavy atom. The summed E-state index contributed by atoms with van der Waals surface area (Å²) in [6, 6.07) is 8.99. The van der Waals surface area contributed by atoms with Gasteiger partial charge in [0, 0.05) is 16.3 Å². The maximum absolute atomic E-state index is 6.08. The van der Waals surface area contributed by atoms with Crippen LogP contribution in [0.25, 0.3) is 10.1 Å². The maximum Gasteiger partial charge on any atom is 0.0346 e. The lowest BCUT2D eigenvalue weighted by molar-refractivity contribution is 0.412. The van der Waals surface area contributed by atoms with Gasteiger partial charge in [0.2, 0.25) is 0 Å². The van der Waals surface area contributed by atoms with E-state index in [4.69, 9.17) is 5.73 Å². The molecule has 2 rings (SSSR count). The van der Waals surface area contributed by atoms with Crippen LogP contribution in [0.3, 0.4) is 0 Å². The molecule has 0 aliphatic rings. The third-order valence-electron chi connectivity index (χ3n) is 3.31. The summed E-state index contributed by atoms with van der Waals surface area (Å²) in [5.74, 6) is 0. The number of nitrogens with one attached hydrogen (secondary N) is 1. The second kappa shape index (κ2) is 5.39. The lowest BCUT2D eigenvalue weighted by Gasteiger charge is -2.23. The highest BCUT2D eigenvalue weighted by Crippen LogP contribution is 2.32. The molecular weight excluding hydrogens is 240 g/mol. The van der Waals surface area contributed by atoms with E-state index < -0.39 is 0 Å². The van der Waals surface area contributed by atoms with Crippen molar-refractivity contribution in [1.29, 1.82) is 0 Å². The fourth-order valence-electron chi connectivity index (χ4n) is 2.24. The number of hydrogen-bond donors (Lipinski definition) is 2. The molecule has 0 saturated carbocycles. The van der Waals surface area contributed by atoms with Crippen LogP contribution in [-0.4, -0.2) is 12.6 Å². The minimum absolute atomic E-state index is 0.0963. The van der Waals surface area contributed by atoms with Crippen LogP contribution in [0.5, 0.6) is 0 Å². The zero-order valence-corrected chi connectivity index (χ0v) is 12.2. The van der Waals surface area contributed by atoms with Gasteiger partial charge in [0.25, 0.3) is 0 Å². The largest absolute Gasteiger partial charge is 0.326 e. The molecule has 1 aromatic carbocycles. The van der Waals surface area contributed by atoms with Crippen LogP contribution >= 0.6 is 11.3 Å². The van der Waals surface area contributed by atoms with E-state index in [0.29, 0.717) is 6.04 Å². The van der Waals surface area contributed by atoms with E-state index in [2.05, 4.69) is 48.8 Å². The molecular formula is C15H22N2S. The molecule has 0 amide bonds. The van der Waals surface area contributed by atoms with Crippen LogP contribution in [0.15, 0.2) is 29.6 Å². The predicted octanol–water partition coefficient (Wildman–Crippen LogP) is 3.68. The number of rotatable bonds is 5. The normalized spacial score (nSPS) is 14.0. The molecule has 0 bridgehead atoms. The fraction of sp³-hybridized carbons (Fsp3) is 0.467. The monoisotopic (exact) mass is 262 g/mol. The summed E-state index contributed by atoms with van der Waals surface area (Å²) >= 11 is 1.82. The fourth-order valence-corrected chi connectivity index (χ4v) is 3.26. The zero-order chi connectivity index (χ0) is 13.2. The third kappa shape index (κ3) is 3.10. The standard InChI is InChI=1S/C15H22N2S/c1-15(2,16)9-8-13(17-3)12-10-18-14-7-5-4-6-11(12)14/h4-7,10,13,17H,8-9,16H2,1-3H3. The Balaban J connectivity index is 2.22. The zero-order valence-electron chi connectivity index (χ0n) is 11.4. The molecule has 2 nitrogen and oxygen atoms in total. The van der Waals surface area contributed by atoms with E-state index >= 15 is 0 Å². The van der Waals surface area contributed by atoms with Gasteiger partial charge in [-0.15, -0.1) is 11.3 Å². The highest BCUT2D eigenvalue weighted by atomic mass is 32.1. The summed E-state index contributed by atoms with van der Waals surface area (Å²) in [5.41, 5.74) is 7.39. The smallest absolute Gasteiger partial charge is 0.0346 e. The molecule has 1 unspecified atom stereocenters. The lowest BCUT2D eigenvalue weighted by atomic mass is 9.93. The van der Waals surface area contributed by atoms with Crippen LogP contribution in [0.1, 0.15) is 38.3 Å². The van der Waals surface area contributed by atoms with Crippen LogP contribution in [0, 0.1) is 0 Å². The van der Waals surface area contributed by atoms with Gasteiger partial charge in [0.1, 0.15) is 0 Å². The van der Waals surface area contributed by atoms with Gasteiger partial charge < -0.3 is 11.1 Å². The summed E-state index contributed by atoms with van der Waals surface area (Å²) < 4.78 is 1.36. The average molecular weight is 262 g/mol. The Kier molecular flexibility index (Phi) is 4.05. The summed E-state index contributed by atoms with van der Waals surface area (Å²) in [6.45, 7) is 4.18. The van der Waals surface area contributed by atoms with Crippen LogP contribution in [0.2, 0.25) is 0 Å². The quantitative estimate of drug-likeness (QED) is 0.862. The molecule has 3 N–H and O–H groups in total. The van der Waals surface area contributed by atoms with Crippen molar-refractivity contribution in [3.8, 4) is 0 Å². The average Bonchev–Trinajstić information content (AvgIpc) is 2.73. The molecule has 0 aliphatic carbocycles. The second-order valence-corrected chi connectivity index (χ2v) is 6.47. The van der Waals surface area contributed by atoms with Crippen molar-refractivity contribution >= 4 is 21.4 Å². The van der Waals surface area contributed by atoms with Gasteiger partial charge in [0.05, 0.1) is 0 Å². The molecule has 1 aromatic heterocycles. The topological polar surface area (TPSA) is 38.0 Å². The van der Waals surface area contributed by atoms with Gasteiger partial charge in [-0.2, -0.15) is 0 Å². The summed E-state index contributed by atoms with van der Waals surface area (Å²) in [4.78, 5) is 0. The molecule has 0 fully saturated rings. The Morgan fingerprint density at radius 3 is 2.72 bits per heavy atom. The SMILES string of the molecule is CNC(CCC(C)(C)N)c1csc2ccccc12. The highest BCUT2D eigenvalue weighted by molar-refractivity contribution is 7.17. The van der Waals surface area contributed by atoms with Gasteiger partial charge in [-0.05, 0) is 56.1 Å². The molecule has 3 heteroatoms. The molecule has 0 aliphatic heterocycles. The molecule has 1 atom stereocenters. The number of fused-ring (bicyclic) bond motifs is 1. The first kappa shape index (κ1) is 13.5. The van der Waals surface area contributed by atoms with Gasteiger partial charge >= 0.3 is 0 Å². The number of benzene rings is 1. The van der Waals surface area contributed by atoms with E-state index in [0.717, 1.165) is 12.8 Å². The Labute approximate surface area is 113 Å². The van der Waals surface area contributed by atoms with Crippen molar-refractivity contribution in [2.75, 3.05) is 7.05 Å². The Hall–Kier alpha value is -0.900. The minimum Gasteiger partial charge on any atom is -0.326 e. The molecule has 0 saturated heterocycles. The number of thiophene rings is 1. The number of hydrogen-bond acceptors (Lipinski definition) is 3. The molecule has 18 heavy (non-hydrogen) atoms. The third-order valence-corrected chi connectivity index (χ3v) is 4.29. The van der Waals surface area contributed by atoms with Gasteiger partial charge in [-0.25, -0.2) is 0 Å². The van der Waals surface area contributed by atoms with Crippen LogP contribution in [0.4, 0.5) is 0 Å². The van der Waals surface area contributed by atoms with Crippen molar-refractivity contribution in [2.24, 2.45) is 5.73 Å². The van der Waals surface area contributed by atoms with E-state index in [1.165, 1.54) is 15.6 Å². The number of nitrogens with two attached hydrogens (primary N) is 1. The lowest BCUT2D eigenvalue weighted by Crippen LogP contribution is -2.33. The van der Waals surface area contributed by atoms with Crippen molar-refractivity contribution < 1.29 is 0 Å². The summed E-state index contributed by atoms with van der Waals surface area (Å²) in [6.07, 6.45) is 2.09. The Morgan fingerprint density at radius 1 is 1.33 bits per heavy atom. The van der Waals surface area contributed by atoms with E-state index in [1.54, 1.807) is 0 Å².